The molecule has 0 aromatic heterocycles. The molecule has 1 saturated heterocycles. The van der Waals surface area contributed by atoms with Gasteiger partial charge in [-0.05, 0) is 25.3 Å². The largest absolute Gasteiger partial charge is 0.390 e. The van der Waals surface area contributed by atoms with E-state index in [4.69, 9.17) is 5.11 Å². The van der Waals surface area contributed by atoms with Crippen LogP contribution in [0.1, 0.15) is 19.8 Å². The normalized spacial score (nSPS) is 26.5. The van der Waals surface area contributed by atoms with Crippen molar-refractivity contribution in [2.24, 2.45) is 5.92 Å². The van der Waals surface area contributed by atoms with Gasteiger partial charge in [-0.15, -0.1) is 0 Å². The van der Waals surface area contributed by atoms with Gasteiger partial charge in [-0.1, -0.05) is 6.92 Å². The molecule has 1 heterocycles. The zero-order valence-corrected chi connectivity index (χ0v) is 9.30. The molecule has 3 N–H and O–H groups in total. The van der Waals surface area contributed by atoms with Crippen LogP contribution in [0.3, 0.4) is 0 Å². The fraction of sp³-hybridized carbons (Fsp3) is 0.900. The Morgan fingerprint density at radius 1 is 1.62 bits per heavy atom. The maximum absolute atomic E-state index is 12.7. The highest BCUT2D eigenvalue weighted by atomic mass is 19.3. The van der Waals surface area contributed by atoms with Gasteiger partial charge in [-0.3, -0.25) is 4.79 Å². The summed E-state index contributed by atoms with van der Waals surface area (Å²) in [5.74, 6) is -3.23. The zero-order chi connectivity index (χ0) is 12.2. The third-order valence-corrected chi connectivity index (χ3v) is 2.74. The Balaban J connectivity index is 2.34. The summed E-state index contributed by atoms with van der Waals surface area (Å²) in [5, 5.41) is 13.5. The predicted octanol–water partition coefficient (Wildman–Crippen LogP) is 0.118. The molecular weight excluding hydrogens is 218 g/mol. The summed E-state index contributed by atoms with van der Waals surface area (Å²) >= 11 is 0. The molecule has 0 radical (unpaired) electrons. The van der Waals surface area contributed by atoms with E-state index in [1.807, 2.05) is 6.92 Å². The fourth-order valence-electron chi connectivity index (χ4n) is 1.70. The van der Waals surface area contributed by atoms with Crippen molar-refractivity contribution in [1.82, 2.24) is 10.6 Å². The molecule has 1 rings (SSSR count). The van der Waals surface area contributed by atoms with Gasteiger partial charge in [0.25, 0.3) is 5.92 Å². The molecule has 1 aliphatic heterocycles. The first-order valence-corrected chi connectivity index (χ1v) is 5.44. The number of piperidine rings is 1. The Hall–Kier alpha value is -0.750. The fourth-order valence-corrected chi connectivity index (χ4v) is 1.70. The highest BCUT2D eigenvalue weighted by Crippen LogP contribution is 2.15. The monoisotopic (exact) mass is 236 g/mol. The second-order valence-corrected chi connectivity index (χ2v) is 4.37. The number of carbonyl (C=O) groups is 1. The lowest BCUT2D eigenvalue weighted by molar-refractivity contribution is -0.126. The van der Waals surface area contributed by atoms with Gasteiger partial charge in [0.2, 0.25) is 5.91 Å². The molecule has 1 fully saturated rings. The van der Waals surface area contributed by atoms with E-state index in [-0.39, 0.29) is 0 Å². The second kappa shape index (κ2) is 5.54. The van der Waals surface area contributed by atoms with Gasteiger partial charge in [-0.2, -0.15) is 0 Å². The lowest BCUT2D eigenvalue weighted by atomic mass is 9.94. The van der Waals surface area contributed by atoms with Crippen molar-refractivity contribution in [3.8, 4) is 0 Å². The van der Waals surface area contributed by atoms with E-state index < -0.39 is 31.0 Å². The van der Waals surface area contributed by atoms with Gasteiger partial charge in [0, 0.05) is 0 Å². The van der Waals surface area contributed by atoms with Crippen molar-refractivity contribution >= 4 is 5.91 Å². The minimum Gasteiger partial charge on any atom is -0.390 e. The standard InChI is InChI=1S/C10H18F2N2O2/c1-7-2-3-13-8(4-7)9(16)14-5-10(11,12)6-15/h7-8,13,15H,2-6H2,1H3,(H,14,16). The number of amides is 1. The van der Waals surface area contributed by atoms with Crippen LogP contribution < -0.4 is 10.6 Å². The molecule has 6 heteroatoms. The summed E-state index contributed by atoms with van der Waals surface area (Å²) in [6.07, 6.45) is 1.66. The van der Waals surface area contributed by atoms with E-state index in [1.165, 1.54) is 0 Å². The van der Waals surface area contributed by atoms with E-state index in [9.17, 15) is 13.6 Å². The molecule has 2 atom stereocenters. The first kappa shape index (κ1) is 13.3. The van der Waals surface area contributed by atoms with Crippen molar-refractivity contribution in [3.05, 3.63) is 0 Å². The first-order valence-electron chi connectivity index (χ1n) is 5.44. The number of hydrogen-bond donors (Lipinski definition) is 3. The van der Waals surface area contributed by atoms with Gasteiger partial charge < -0.3 is 15.7 Å². The predicted molar refractivity (Wildman–Crippen MR) is 55.2 cm³/mol. The molecule has 16 heavy (non-hydrogen) atoms. The molecule has 0 saturated carbocycles. The SMILES string of the molecule is CC1CCNC(C(=O)NCC(F)(F)CO)C1. The minimum atomic E-state index is -3.24. The van der Waals surface area contributed by atoms with Crippen molar-refractivity contribution < 1.29 is 18.7 Å². The van der Waals surface area contributed by atoms with E-state index >= 15 is 0 Å². The lowest BCUT2D eigenvalue weighted by Crippen LogP contribution is -2.51. The summed E-state index contributed by atoms with van der Waals surface area (Å²) in [5.41, 5.74) is 0. The van der Waals surface area contributed by atoms with Crippen LogP contribution >= 0.6 is 0 Å². The third kappa shape index (κ3) is 4.02. The van der Waals surface area contributed by atoms with Crippen LogP contribution in [0.25, 0.3) is 0 Å². The average Bonchev–Trinajstić information content (AvgIpc) is 2.26. The maximum atomic E-state index is 12.7. The van der Waals surface area contributed by atoms with E-state index in [2.05, 4.69) is 10.6 Å². The van der Waals surface area contributed by atoms with Crippen LogP contribution in [0.2, 0.25) is 0 Å². The number of alkyl halides is 2. The van der Waals surface area contributed by atoms with Crippen molar-refractivity contribution in [3.63, 3.8) is 0 Å². The third-order valence-electron chi connectivity index (χ3n) is 2.74. The summed E-state index contributed by atoms with van der Waals surface area (Å²) in [6.45, 7) is 0.704. The Labute approximate surface area is 93.4 Å². The topological polar surface area (TPSA) is 61.4 Å². The van der Waals surface area contributed by atoms with Gasteiger partial charge in [0.15, 0.2) is 0 Å². The zero-order valence-electron chi connectivity index (χ0n) is 9.30. The molecule has 94 valence electrons. The average molecular weight is 236 g/mol. The van der Waals surface area contributed by atoms with Crippen molar-refractivity contribution in [1.29, 1.82) is 0 Å². The number of aliphatic hydroxyl groups is 1. The number of hydrogen-bond acceptors (Lipinski definition) is 3. The van der Waals surface area contributed by atoms with Gasteiger partial charge >= 0.3 is 0 Å². The summed E-state index contributed by atoms with van der Waals surface area (Å²) < 4.78 is 25.3. The molecule has 0 aliphatic carbocycles. The molecule has 0 spiro atoms. The smallest absolute Gasteiger partial charge is 0.287 e. The highest BCUT2D eigenvalue weighted by molar-refractivity contribution is 5.81. The molecule has 0 aromatic rings. The molecule has 4 nitrogen and oxygen atoms in total. The number of nitrogens with one attached hydrogen (secondary N) is 2. The van der Waals surface area contributed by atoms with Crippen LogP contribution in [-0.2, 0) is 4.79 Å². The Morgan fingerprint density at radius 3 is 2.88 bits per heavy atom. The number of halogens is 2. The van der Waals surface area contributed by atoms with Crippen molar-refractivity contribution in [2.75, 3.05) is 19.7 Å². The molecular formula is C10H18F2N2O2. The van der Waals surface area contributed by atoms with Crippen LogP contribution in [0.5, 0.6) is 0 Å². The number of rotatable bonds is 4. The van der Waals surface area contributed by atoms with E-state index in [1.54, 1.807) is 0 Å². The summed E-state index contributed by atoms with van der Waals surface area (Å²) in [7, 11) is 0. The Morgan fingerprint density at radius 2 is 2.31 bits per heavy atom. The van der Waals surface area contributed by atoms with Crippen molar-refractivity contribution in [2.45, 2.75) is 31.7 Å². The molecule has 0 aromatic carbocycles. The van der Waals surface area contributed by atoms with Crippen LogP contribution in [0.4, 0.5) is 8.78 Å². The van der Waals surface area contributed by atoms with E-state index in [0.29, 0.717) is 12.3 Å². The van der Waals surface area contributed by atoms with Crippen LogP contribution in [0.15, 0.2) is 0 Å². The first-order chi connectivity index (χ1) is 7.44. The molecule has 1 amide bonds. The second-order valence-electron chi connectivity index (χ2n) is 4.37. The number of carbonyl (C=O) groups excluding carboxylic acids is 1. The number of aliphatic hydroxyl groups excluding tert-OH is 1. The van der Waals surface area contributed by atoms with Gasteiger partial charge in [0.05, 0.1) is 12.6 Å². The maximum Gasteiger partial charge on any atom is 0.287 e. The highest BCUT2D eigenvalue weighted by Gasteiger charge is 2.30. The molecule has 2 unspecified atom stereocenters. The van der Waals surface area contributed by atoms with Gasteiger partial charge in [-0.25, -0.2) is 8.78 Å². The van der Waals surface area contributed by atoms with E-state index in [0.717, 1.165) is 13.0 Å². The lowest BCUT2D eigenvalue weighted by Gasteiger charge is -2.27. The van der Waals surface area contributed by atoms with Gasteiger partial charge in [0.1, 0.15) is 6.61 Å². The summed E-state index contributed by atoms with van der Waals surface area (Å²) in [4.78, 5) is 11.5. The molecule has 0 bridgehead atoms. The van der Waals surface area contributed by atoms with Crippen LogP contribution in [-0.4, -0.2) is 42.7 Å². The molecule has 1 aliphatic rings. The Bertz CT molecular complexity index is 249. The summed E-state index contributed by atoms with van der Waals surface area (Å²) in [6, 6.07) is -0.391. The quantitative estimate of drug-likeness (QED) is 0.649. The minimum absolute atomic E-state index is 0.391. The Kier molecular flexibility index (Phi) is 4.61. The van der Waals surface area contributed by atoms with Crippen LogP contribution in [0, 0.1) is 5.92 Å².